The van der Waals surface area contributed by atoms with E-state index in [-0.39, 0.29) is 11.6 Å². The van der Waals surface area contributed by atoms with E-state index < -0.39 is 0 Å². The van der Waals surface area contributed by atoms with Crippen molar-refractivity contribution >= 4 is 0 Å². The van der Waals surface area contributed by atoms with Gasteiger partial charge in [-0.2, -0.15) is 0 Å². The molecule has 4 N–H and O–H groups in total. The van der Waals surface area contributed by atoms with Gasteiger partial charge in [-0.25, -0.2) is 0 Å². The van der Waals surface area contributed by atoms with Gasteiger partial charge in [0, 0.05) is 5.54 Å². The van der Waals surface area contributed by atoms with E-state index in [9.17, 15) is 5.11 Å². The van der Waals surface area contributed by atoms with E-state index in [1.807, 2.05) is 0 Å². The van der Waals surface area contributed by atoms with Crippen molar-refractivity contribution in [3.8, 4) is 0 Å². The number of aliphatic hydroxyl groups excluding tert-OH is 1. The quantitative estimate of drug-likeness (QED) is 0.519. The Morgan fingerprint density at radius 1 is 1.43 bits per heavy atom. The fraction of sp³-hybridized carbons (Fsp3) is 1.00. The summed E-state index contributed by atoms with van der Waals surface area (Å²) in [5, 5.41) is 13.1. The molecule has 0 radical (unpaired) electrons. The fourth-order valence-electron chi connectivity index (χ4n) is 1.63. The third-order valence-corrected chi connectivity index (χ3v) is 2.35. The number of aliphatic hydroxyl groups is 1. The van der Waals surface area contributed by atoms with Crippen molar-refractivity contribution in [3.05, 3.63) is 0 Å². The molecule has 86 valence electrons. The summed E-state index contributed by atoms with van der Waals surface area (Å²) in [6.07, 6.45) is 3.56. The number of hydrogen-bond donors (Lipinski definition) is 3. The molecule has 0 aliphatic carbocycles. The number of hydrogen-bond acceptors (Lipinski definition) is 3. The summed E-state index contributed by atoms with van der Waals surface area (Å²) in [4.78, 5) is 0. The van der Waals surface area contributed by atoms with Crippen molar-refractivity contribution in [2.24, 2.45) is 5.73 Å². The van der Waals surface area contributed by atoms with E-state index >= 15 is 0 Å². The van der Waals surface area contributed by atoms with E-state index in [4.69, 9.17) is 5.73 Å². The summed E-state index contributed by atoms with van der Waals surface area (Å²) in [5.74, 6) is 0. The van der Waals surface area contributed by atoms with Crippen molar-refractivity contribution in [3.63, 3.8) is 0 Å². The topological polar surface area (TPSA) is 58.3 Å². The molecule has 3 nitrogen and oxygen atoms in total. The Labute approximate surface area is 88.1 Å². The van der Waals surface area contributed by atoms with E-state index in [0.29, 0.717) is 0 Å². The van der Waals surface area contributed by atoms with Crippen LogP contribution >= 0.6 is 0 Å². The lowest BCUT2D eigenvalue weighted by Crippen LogP contribution is -2.43. The number of rotatable bonds is 8. The van der Waals surface area contributed by atoms with Crippen LogP contribution in [0.15, 0.2) is 0 Å². The van der Waals surface area contributed by atoms with Gasteiger partial charge < -0.3 is 16.2 Å². The molecule has 14 heavy (non-hydrogen) atoms. The van der Waals surface area contributed by atoms with Crippen LogP contribution in [0.2, 0.25) is 0 Å². The zero-order chi connectivity index (χ0) is 11.0. The highest BCUT2D eigenvalue weighted by Crippen LogP contribution is 2.14. The largest absolute Gasteiger partial charge is 0.393 e. The second kappa shape index (κ2) is 7.21. The Bertz CT molecular complexity index is 137. The summed E-state index contributed by atoms with van der Waals surface area (Å²) in [5.41, 5.74) is 5.44. The molecule has 0 amide bonds. The number of nitrogens with two attached hydrogens (primary N) is 1. The molecule has 0 saturated carbocycles. The molecule has 0 aromatic carbocycles. The Balaban J connectivity index is 3.69. The first-order chi connectivity index (χ1) is 6.52. The van der Waals surface area contributed by atoms with Crippen molar-refractivity contribution < 1.29 is 5.11 Å². The summed E-state index contributed by atoms with van der Waals surface area (Å²) < 4.78 is 0. The van der Waals surface area contributed by atoms with Crippen molar-refractivity contribution in [1.29, 1.82) is 0 Å². The highest BCUT2D eigenvalue weighted by atomic mass is 16.3. The summed E-state index contributed by atoms with van der Waals surface area (Å²) >= 11 is 0. The maximum Gasteiger partial charge on any atom is 0.0557 e. The minimum atomic E-state index is -0.180. The van der Waals surface area contributed by atoms with Gasteiger partial charge in [-0.3, -0.25) is 0 Å². The highest BCUT2D eigenvalue weighted by molar-refractivity contribution is 4.80. The van der Waals surface area contributed by atoms with Gasteiger partial charge in [0.1, 0.15) is 0 Å². The van der Waals surface area contributed by atoms with E-state index in [1.165, 1.54) is 0 Å². The van der Waals surface area contributed by atoms with E-state index in [0.717, 1.165) is 38.8 Å². The van der Waals surface area contributed by atoms with Crippen LogP contribution in [0.5, 0.6) is 0 Å². The molecule has 0 saturated heterocycles. The van der Waals surface area contributed by atoms with Crippen molar-refractivity contribution in [2.45, 2.75) is 58.1 Å². The van der Waals surface area contributed by atoms with Gasteiger partial charge in [-0.15, -0.1) is 0 Å². The Kier molecular flexibility index (Phi) is 7.15. The average Bonchev–Trinajstić information content (AvgIpc) is 2.03. The molecule has 0 aromatic rings. The molecule has 0 bridgehead atoms. The lowest BCUT2D eigenvalue weighted by Gasteiger charge is -2.28. The summed E-state index contributed by atoms with van der Waals surface area (Å²) in [6, 6.07) is 0. The predicted molar refractivity (Wildman–Crippen MR) is 61.3 cm³/mol. The third kappa shape index (κ3) is 7.30. The molecule has 3 heteroatoms. The molecule has 0 heterocycles. The van der Waals surface area contributed by atoms with Gasteiger partial charge in [0.25, 0.3) is 0 Å². The van der Waals surface area contributed by atoms with Gasteiger partial charge in [0.15, 0.2) is 0 Å². The Hall–Kier alpha value is -0.120. The lowest BCUT2D eigenvalue weighted by atomic mass is 9.94. The van der Waals surface area contributed by atoms with Gasteiger partial charge in [-0.05, 0) is 46.2 Å². The van der Waals surface area contributed by atoms with E-state index in [2.05, 4.69) is 26.1 Å². The molecule has 0 aromatic heterocycles. The smallest absolute Gasteiger partial charge is 0.0557 e. The molecule has 1 atom stereocenters. The SMILES string of the molecule is CCCC(O)CC(C)(C)NCCCN. The fourth-order valence-corrected chi connectivity index (χ4v) is 1.63. The van der Waals surface area contributed by atoms with Crippen LogP contribution < -0.4 is 11.1 Å². The lowest BCUT2D eigenvalue weighted by molar-refractivity contribution is 0.119. The molecule has 1 unspecified atom stereocenters. The third-order valence-electron chi connectivity index (χ3n) is 2.35. The van der Waals surface area contributed by atoms with Gasteiger partial charge in [-0.1, -0.05) is 13.3 Å². The summed E-state index contributed by atoms with van der Waals surface area (Å²) in [7, 11) is 0. The first-order valence-electron chi connectivity index (χ1n) is 5.65. The number of nitrogens with one attached hydrogen (secondary N) is 1. The van der Waals surface area contributed by atoms with Crippen LogP contribution in [0, 0.1) is 0 Å². The van der Waals surface area contributed by atoms with Gasteiger partial charge in [0.05, 0.1) is 6.10 Å². The predicted octanol–water partition coefficient (Wildman–Crippen LogP) is 1.25. The second-order valence-electron chi connectivity index (χ2n) is 4.60. The molecule has 0 aliphatic heterocycles. The maximum atomic E-state index is 9.68. The van der Waals surface area contributed by atoms with Crippen LogP contribution in [0.1, 0.15) is 46.5 Å². The van der Waals surface area contributed by atoms with Crippen LogP contribution in [-0.2, 0) is 0 Å². The van der Waals surface area contributed by atoms with Gasteiger partial charge >= 0.3 is 0 Å². The van der Waals surface area contributed by atoms with Gasteiger partial charge in [0.2, 0.25) is 0 Å². The molecule has 0 aliphatic rings. The minimum Gasteiger partial charge on any atom is -0.393 e. The minimum absolute atomic E-state index is 0.0176. The summed E-state index contributed by atoms with van der Waals surface area (Å²) in [6.45, 7) is 8.01. The average molecular weight is 202 g/mol. The first-order valence-corrected chi connectivity index (χ1v) is 5.65. The molecule has 0 spiro atoms. The van der Waals surface area contributed by atoms with Crippen molar-refractivity contribution in [1.82, 2.24) is 5.32 Å². The standard InChI is InChI=1S/C11H26N2O/c1-4-6-10(14)9-11(2,3)13-8-5-7-12/h10,13-14H,4-9,12H2,1-3H3. The highest BCUT2D eigenvalue weighted by Gasteiger charge is 2.20. The Morgan fingerprint density at radius 2 is 2.07 bits per heavy atom. The molecule has 0 rings (SSSR count). The van der Waals surface area contributed by atoms with Crippen molar-refractivity contribution in [2.75, 3.05) is 13.1 Å². The maximum absolute atomic E-state index is 9.68. The normalized spacial score (nSPS) is 14.4. The molecular formula is C11H26N2O. The van der Waals surface area contributed by atoms with Crippen LogP contribution in [0.3, 0.4) is 0 Å². The first kappa shape index (κ1) is 13.9. The van der Waals surface area contributed by atoms with Crippen LogP contribution in [-0.4, -0.2) is 29.8 Å². The van der Waals surface area contributed by atoms with Crippen LogP contribution in [0.25, 0.3) is 0 Å². The molecular weight excluding hydrogens is 176 g/mol. The molecule has 0 fully saturated rings. The van der Waals surface area contributed by atoms with E-state index in [1.54, 1.807) is 0 Å². The zero-order valence-electron chi connectivity index (χ0n) is 9.84. The van der Waals surface area contributed by atoms with Crippen LogP contribution in [0.4, 0.5) is 0 Å². The Morgan fingerprint density at radius 3 is 2.57 bits per heavy atom. The zero-order valence-corrected chi connectivity index (χ0v) is 9.84. The monoisotopic (exact) mass is 202 g/mol. The second-order valence-corrected chi connectivity index (χ2v) is 4.60.